The first-order valence-electron chi connectivity index (χ1n) is 7.22. The van der Waals surface area contributed by atoms with Gasteiger partial charge in [-0.25, -0.2) is 4.79 Å². The Balaban J connectivity index is 1.83. The van der Waals surface area contributed by atoms with Gasteiger partial charge in [-0.2, -0.15) is 0 Å². The zero-order valence-electron chi connectivity index (χ0n) is 12.2. The number of ether oxygens (including phenoxy) is 1. The summed E-state index contributed by atoms with van der Waals surface area (Å²) in [6.07, 6.45) is 2.68. The summed E-state index contributed by atoms with van der Waals surface area (Å²) in [6.45, 7) is 3.25. The number of carboxylic acids is 1. The SMILES string of the molecule is CC1(CNC(=O)CCc2ccccc2C(=O)O)CCCO1. The molecule has 0 bridgehead atoms. The predicted molar refractivity (Wildman–Crippen MR) is 78.3 cm³/mol. The number of carbonyl (C=O) groups excluding carboxylic acids is 1. The van der Waals surface area contributed by atoms with Crippen molar-refractivity contribution in [2.75, 3.05) is 13.2 Å². The molecule has 2 rings (SSSR count). The second-order valence-electron chi connectivity index (χ2n) is 5.64. The normalized spacial score (nSPS) is 21.2. The van der Waals surface area contributed by atoms with Crippen LogP contribution in [0.5, 0.6) is 0 Å². The van der Waals surface area contributed by atoms with Crippen molar-refractivity contribution < 1.29 is 19.4 Å². The summed E-state index contributed by atoms with van der Waals surface area (Å²) >= 11 is 0. The first kappa shape index (κ1) is 15.5. The Labute approximate surface area is 124 Å². The molecule has 5 nitrogen and oxygen atoms in total. The van der Waals surface area contributed by atoms with Crippen molar-refractivity contribution in [2.45, 2.75) is 38.2 Å². The Morgan fingerprint density at radius 3 is 2.81 bits per heavy atom. The van der Waals surface area contributed by atoms with Crippen LogP contribution in [0.25, 0.3) is 0 Å². The van der Waals surface area contributed by atoms with E-state index in [2.05, 4.69) is 5.32 Å². The Hall–Kier alpha value is -1.88. The molecule has 5 heteroatoms. The molecule has 1 aromatic rings. The van der Waals surface area contributed by atoms with Gasteiger partial charge in [-0.05, 0) is 37.8 Å². The van der Waals surface area contributed by atoms with Crippen LogP contribution in [0.4, 0.5) is 0 Å². The zero-order valence-corrected chi connectivity index (χ0v) is 12.2. The van der Waals surface area contributed by atoms with E-state index in [9.17, 15) is 9.59 Å². The molecular formula is C16H21NO4. The van der Waals surface area contributed by atoms with Crippen molar-refractivity contribution in [3.05, 3.63) is 35.4 Å². The third-order valence-electron chi connectivity index (χ3n) is 3.83. The Morgan fingerprint density at radius 2 is 2.14 bits per heavy atom. The van der Waals surface area contributed by atoms with E-state index in [0.717, 1.165) is 19.4 Å². The minimum Gasteiger partial charge on any atom is -0.478 e. The molecule has 1 heterocycles. The molecule has 0 spiro atoms. The highest BCUT2D eigenvalue weighted by Crippen LogP contribution is 2.23. The van der Waals surface area contributed by atoms with Crippen LogP contribution in [0.2, 0.25) is 0 Å². The van der Waals surface area contributed by atoms with Gasteiger partial charge in [-0.3, -0.25) is 4.79 Å². The Morgan fingerprint density at radius 1 is 1.38 bits per heavy atom. The maximum absolute atomic E-state index is 11.9. The van der Waals surface area contributed by atoms with E-state index in [1.165, 1.54) is 0 Å². The summed E-state index contributed by atoms with van der Waals surface area (Å²) in [4.78, 5) is 23.0. The number of aromatic carboxylic acids is 1. The fourth-order valence-electron chi connectivity index (χ4n) is 2.55. The summed E-state index contributed by atoms with van der Waals surface area (Å²) in [5.41, 5.74) is 0.689. The predicted octanol–water partition coefficient (Wildman–Crippen LogP) is 2.00. The average Bonchev–Trinajstić information content (AvgIpc) is 2.90. The number of hydrogen-bond donors (Lipinski definition) is 2. The van der Waals surface area contributed by atoms with E-state index in [0.29, 0.717) is 18.5 Å². The molecule has 1 saturated heterocycles. The maximum Gasteiger partial charge on any atom is 0.335 e. The van der Waals surface area contributed by atoms with Gasteiger partial charge in [0.2, 0.25) is 5.91 Å². The third-order valence-corrected chi connectivity index (χ3v) is 3.83. The van der Waals surface area contributed by atoms with E-state index in [1.807, 2.05) is 6.92 Å². The van der Waals surface area contributed by atoms with Crippen molar-refractivity contribution in [2.24, 2.45) is 0 Å². The number of nitrogens with one attached hydrogen (secondary N) is 1. The largest absolute Gasteiger partial charge is 0.478 e. The molecule has 1 fully saturated rings. The molecule has 0 aromatic heterocycles. The lowest BCUT2D eigenvalue weighted by Crippen LogP contribution is -2.40. The molecule has 0 radical (unpaired) electrons. The van der Waals surface area contributed by atoms with Gasteiger partial charge in [0.05, 0.1) is 11.2 Å². The Bertz CT molecular complexity index is 521. The molecule has 21 heavy (non-hydrogen) atoms. The number of benzene rings is 1. The molecule has 2 N–H and O–H groups in total. The van der Waals surface area contributed by atoms with Crippen LogP contribution in [0.1, 0.15) is 42.1 Å². The third kappa shape index (κ3) is 4.29. The number of carbonyl (C=O) groups is 2. The summed E-state index contributed by atoms with van der Waals surface area (Å²) in [5, 5.41) is 12.0. The summed E-state index contributed by atoms with van der Waals surface area (Å²) in [7, 11) is 0. The van der Waals surface area contributed by atoms with Crippen molar-refractivity contribution in [1.82, 2.24) is 5.32 Å². The minimum atomic E-state index is -0.960. The van der Waals surface area contributed by atoms with Gasteiger partial charge in [0.15, 0.2) is 0 Å². The summed E-state index contributed by atoms with van der Waals surface area (Å²) < 4.78 is 5.61. The first-order chi connectivity index (χ1) is 10.0. The molecule has 0 aliphatic carbocycles. The Kier molecular flexibility index (Phi) is 4.96. The van der Waals surface area contributed by atoms with E-state index in [-0.39, 0.29) is 23.5 Å². The van der Waals surface area contributed by atoms with Gasteiger partial charge in [0.25, 0.3) is 0 Å². The standard InChI is InChI=1S/C16H21NO4/c1-16(9-4-10-21-16)11-17-14(18)8-7-12-5-2-3-6-13(12)15(19)20/h2-3,5-6H,4,7-11H2,1H3,(H,17,18)(H,19,20). The van der Waals surface area contributed by atoms with Crippen molar-refractivity contribution in [3.63, 3.8) is 0 Å². The summed E-state index contributed by atoms with van der Waals surface area (Å²) in [6, 6.07) is 6.78. The zero-order chi connectivity index (χ0) is 15.3. The monoisotopic (exact) mass is 291 g/mol. The smallest absolute Gasteiger partial charge is 0.335 e. The lowest BCUT2D eigenvalue weighted by molar-refractivity contribution is -0.122. The maximum atomic E-state index is 11.9. The highest BCUT2D eigenvalue weighted by atomic mass is 16.5. The molecule has 1 amide bonds. The number of carboxylic acid groups (broad SMARTS) is 1. The van der Waals surface area contributed by atoms with Gasteiger partial charge < -0.3 is 15.2 Å². The molecule has 0 saturated carbocycles. The number of amides is 1. The molecular weight excluding hydrogens is 270 g/mol. The van der Waals surface area contributed by atoms with E-state index < -0.39 is 5.97 Å². The van der Waals surface area contributed by atoms with Crippen molar-refractivity contribution in [1.29, 1.82) is 0 Å². The molecule has 114 valence electrons. The lowest BCUT2D eigenvalue weighted by atomic mass is 10.0. The van der Waals surface area contributed by atoms with Crippen molar-refractivity contribution >= 4 is 11.9 Å². The first-order valence-corrected chi connectivity index (χ1v) is 7.22. The topological polar surface area (TPSA) is 75.6 Å². The van der Waals surface area contributed by atoms with E-state index >= 15 is 0 Å². The second kappa shape index (κ2) is 6.72. The molecule has 1 atom stereocenters. The van der Waals surface area contributed by atoms with Gasteiger partial charge in [-0.1, -0.05) is 18.2 Å². The second-order valence-corrected chi connectivity index (χ2v) is 5.64. The quantitative estimate of drug-likeness (QED) is 0.840. The number of aryl methyl sites for hydroxylation is 1. The average molecular weight is 291 g/mol. The van der Waals surface area contributed by atoms with Gasteiger partial charge >= 0.3 is 5.97 Å². The molecule has 1 aliphatic heterocycles. The van der Waals surface area contributed by atoms with Gasteiger partial charge in [-0.15, -0.1) is 0 Å². The van der Waals surface area contributed by atoms with E-state index in [4.69, 9.17) is 9.84 Å². The highest BCUT2D eigenvalue weighted by Gasteiger charge is 2.29. The minimum absolute atomic E-state index is 0.0769. The van der Waals surface area contributed by atoms with Gasteiger partial charge in [0, 0.05) is 19.6 Å². The van der Waals surface area contributed by atoms with Crippen LogP contribution in [-0.2, 0) is 16.0 Å². The highest BCUT2D eigenvalue weighted by molar-refractivity contribution is 5.89. The lowest BCUT2D eigenvalue weighted by Gasteiger charge is -2.23. The van der Waals surface area contributed by atoms with Gasteiger partial charge in [0.1, 0.15) is 0 Å². The number of hydrogen-bond acceptors (Lipinski definition) is 3. The van der Waals surface area contributed by atoms with Crippen LogP contribution >= 0.6 is 0 Å². The van der Waals surface area contributed by atoms with Crippen LogP contribution in [-0.4, -0.2) is 35.7 Å². The van der Waals surface area contributed by atoms with Crippen LogP contribution < -0.4 is 5.32 Å². The van der Waals surface area contributed by atoms with Crippen molar-refractivity contribution in [3.8, 4) is 0 Å². The fourth-order valence-corrected chi connectivity index (χ4v) is 2.55. The molecule has 1 aromatic carbocycles. The molecule has 1 unspecified atom stereocenters. The van der Waals surface area contributed by atoms with Crippen LogP contribution in [0.15, 0.2) is 24.3 Å². The number of rotatable bonds is 6. The molecule has 1 aliphatic rings. The fraction of sp³-hybridized carbons (Fsp3) is 0.500. The summed E-state index contributed by atoms with van der Waals surface area (Å²) in [5.74, 6) is -1.04. The van der Waals surface area contributed by atoms with Crippen LogP contribution in [0, 0.1) is 0 Å². The van der Waals surface area contributed by atoms with Crippen LogP contribution in [0.3, 0.4) is 0 Å². The van der Waals surface area contributed by atoms with E-state index in [1.54, 1.807) is 24.3 Å².